The maximum absolute atomic E-state index is 6.45. The van der Waals surface area contributed by atoms with Crippen molar-refractivity contribution in [2.45, 2.75) is 0 Å². The Morgan fingerprint density at radius 3 is 2.17 bits per heavy atom. The van der Waals surface area contributed by atoms with Crippen molar-refractivity contribution in [2.75, 3.05) is 0 Å². The SMILES string of the molecule is [C]=CC=CC=C. The van der Waals surface area contributed by atoms with Crippen LogP contribution in [-0.2, 0) is 0 Å². The molecule has 0 nitrogen and oxygen atoms in total. The average Bonchev–Trinajstić information content (AvgIpc) is 1.61. The summed E-state index contributed by atoms with van der Waals surface area (Å²) in [5, 5.41) is 0. The molecule has 0 amide bonds. The molecular formula is C6H6. The van der Waals surface area contributed by atoms with E-state index in [0.717, 1.165) is 0 Å². The van der Waals surface area contributed by atoms with Gasteiger partial charge < -0.3 is 0 Å². The summed E-state index contributed by atoms with van der Waals surface area (Å²) in [6.07, 6.45) is 6.15. The van der Waals surface area contributed by atoms with Crippen LogP contribution in [0.25, 0.3) is 0 Å². The van der Waals surface area contributed by atoms with Gasteiger partial charge in [-0.3, -0.25) is 0 Å². The predicted octanol–water partition coefficient (Wildman–Crippen LogP) is 1.59. The zero-order chi connectivity index (χ0) is 4.83. The first-order chi connectivity index (χ1) is 2.91. The first-order valence-corrected chi connectivity index (χ1v) is 1.70. The van der Waals surface area contributed by atoms with Crippen molar-refractivity contribution in [3.8, 4) is 0 Å². The Bertz CT molecular complexity index is 58.1. The standard InChI is InChI=1S/C6H6/c1-3-5-6-4-2/h3-6H,1H2. The van der Waals surface area contributed by atoms with Crippen LogP contribution in [-0.4, -0.2) is 0 Å². The molecule has 0 aliphatic carbocycles. The van der Waals surface area contributed by atoms with E-state index in [0.29, 0.717) is 0 Å². The summed E-state index contributed by atoms with van der Waals surface area (Å²) in [4.78, 5) is 0. The van der Waals surface area contributed by atoms with Gasteiger partial charge >= 0.3 is 0 Å². The lowest BCUT2D eigenvalue weighted by atomic mass is 10.5. The molecule has 30 valence electrons. The van der Waals surface area contributed by atoms with Crippen LogP contribution in [0.15, 0.2) is 30.9 Å². The lowest BCUT2D eigenvalue weighted by Gasteiger charge is -1.60. The van der Waals surface area contributed by atoms with Gasteiger partial charge in [-0.2, -0.15) is 0 Å². The molecule has 0 bridgehead atoms. The molecule has 0 saturated heterocycles. The van der Waals surface area contributed by atoms with Gasteiger partial charge in [-0.1, -0.05) is 30.9 Å². The normalized spacial score (nSPS) is 8.67. The lowest BCUT2D eigenvalue weighted by molar-refractivity contribution is 1.97. The molecule has 0 aromatic heterocycles. The van der Waals surface area contributed by atoms with Gasteiger partial charge in [0.2, 0.25) is 0 Å². The van der Waals surface area contributed by atoms with E-state index in [9.17, 15) is 0 Å². The first kappa shape index (κ1) is 5.22. The van der Waals surface area contributed by atoms with Crippen molar-refractivity contribution in [3.63, 3.8) is 0 Å². The molecular weight excluding hydrogens is 72.1 g/mol. The van der Waals surface area contributed by atoms with Crippen molar-refractivity contribution < 1.29 is 0 Å². The minimum absolute atomic E-state index is 1.21. The van der Waals surface area contributed by atoms with Crippen LogP contribution >= 0.6 is 0 Å². The van der Waals surface area contributed by atoms with Crippen molar-refractivity contribution >= 4 is 0 Å². The Labute approximate surface area is 38.5 Å². The molecule has 6 heavy (non-hydrogen) atoms. The Kier molecular flexibility index (Phi) is 3.67. The van der Waals surface area contributed by atoms with Gasteiger partial charge in [-0.15, -0.1) is 0 Å². The van der Waals surface area contributed by atoms with Crippen LogP contribution in [0, 0.1) is 6.58 Å². The third kappa shape index (κ3) is 3.22. The molecule has 0 unspecified atom stereocenters. The van der Waals surface area contributed by atoms with E-state index in [1.165, 1.54) is 6.08 Å². The van der Waals surface area contributed by atoms with Gasteiger partial charge in [0, 0.05) is 0 Å². The number of hydrogen-bond donors (Lipinski definition) is 0. The van der Waals surface area contributed by atoms with Gasteiger partial charge in [0.1, 0.15) is 0 Å². The molecule has 0 aliphatic heterocycles. The molecule has 0 atom stereocenters. The summed E-state index contributed by atoms with van der Waals surface area (Å²) in [7, 11) is 0. The van der Waals surface area contributed by atoms with Crippen LogP contribution < -0.4 is 0 Å². The second-order valence-corrected chi connectivity index (χ2v) is 0.787. The molecule has 0 heteroatoms. The maximum atomic E-state index is 6.45. The van der Waals surface area contributed by atoms with E-state index < -0.39 is 0 Å². The lowest BCUT2D eigenvalue weighted by Crippen LogP contribution is -1.38. The molecule has 0 heterocycles. The minimum Gasteiger partial charge on any atom is -0.0991 e. The van der Waals surface area contributed by atoms with E-state index in [4.69, 9.17) is 6.58 Å². The Morgan fingerprint density at radius 1 is 1.33 bits per heavy atom. The van der Waals surface area contributed by atoms with Crippen LogP contribution in [0.5, 0.6) is 0 Å². The molecule has 0 aromatic carbocycles. The first-order valence-electron chi connectivity index (χ1n) is 1.70. The molecule has 0 aromatic rings. The van der Waals surface area contributed by atoms with Crippen molar-refractivity contribution in [1.82, 2.24) is 0 Å². The predicted molar refractivity (Wildman–Crippen MR) is 27.1 cm³/mol. The summed E-state index contributed by atoms with van der Waals surface area (Å²) in [6, 6.07) is 0. The van der Waals surface area contributed by atoms with Crippen LogP contribution in [0.2, 0.25) is 0 Å². The topological polar surface area (TPSA) is 0 Å². The fraction of sp³-hybridized carbons (Fsp3) is 0. The van der Waals surface area contributed by atoms with E-state index in [1.807, 2.05) is 0 Å². The third-order valence-corrected chi connectivity index (χ3v) is 0.343. The fourth-order valence-electron chi connectivity index (χ4n) is 0.134. The largest absolute Gasteiger partial charge is 0.0991 e. The maximum Gasteiger partial charge on any atom is -0.00990 e. The van der Waals surface area contributed by atoms with Gasteiger partial charge in [0.15, 0.2) is 0 Å². The molecule has 0 aliphatic rings. The van der Waals surface area contributed by atoms with Gasteiger partial charge in [0.05, 0.1) is 0 Å². The second-order valence-electron chi connectivity index (χ2n) is 0.787. The smallest absolute Gasteiger partial charge is 0.00990 e. The summed E-state index contributed by atoms with van der Waals surface area (Å²) >= 11 is 0. The fourth-order valence-corrected chi connectivity index (χ4v) is 0.134. The Balaban J connectivity index is 3.17. The highest BCUT2D eigenvalue weighted by Crippen LogP contribution is 1.69. The number of allylic oxidation sites excluding steroid dienone is 4. The van der Waals surface area contributed by atoms with Crippen LogP contribution in [0.4, 0.5) is 0 Å². The van der Waals surface area contributed by atoms with Crippen molar-refractivity contribution in [3.05, 3.63) is 37.5 Å². The van der Waals surface area contributed by atoms with Crippen LogP contribution in [0.1, 0.15) is 0 Å². The zero-order valence-corrected chi connectivity index (χ0v) is 3.52. The molecule has 0 saturated carbocycles. The highest BCUT2D eigenvalue weighted by atomic mass is 13.5. The van der Waals surface area contributed by atoms with Gasteiger partial charge in [0.25, 0.3) is 0 Å². The monoisotopic (exact) mass is 78.0 g/mol. The van der Waals surface area contributed by atoms with E-state index >= 15 is 0 Å². The van der Waals surface area contributed by atoms with Crippen LogP contribution in [0.3, 0.4) is 0 Å². The average molecular weight is 78.1 g/mol. The second kappa shape index (κ2) is 4.22. The zero-order valence-electron chi connectivity index (χ0n) is 3.52. The summed E-state index contributed by atoms with van der Waals surface area (Å²) in [5.41, 5.74) is 0. The number of rotatable bonds is 2. The quantitative estimate of drug-likeness (QED) is 0.440. The molecule has 0 fully saturated rings. The highest BCUT2D eigenvalue weighted by molar-refractivity contribution is 5.04. The summed E-state index contributed by atoms with van der Waals surface area (Å²) < 4.78 is 0. The summed E-state index contributed by atoms with van der Waals surface area (Å²) in [6.45, 7) is 9.85. The molecule has 0 N–H and O–H groups in total. The highest BCUT2D eigenvalue weighted by Gasteiger charge is 1.48. The van der Waals surface area contributed by atoms with Crippen molar-refractivity contribution in [2.24, 2.45) is 0 Å². The number of hydrogen-bond acceptors (Lipinski definition) is 0. The summed E-state index contributed by atoms with van der Waals surface area (Å²) in [5.74, 6) is 0. The minimum atomic E-state index is 1.21. The molecule has 2 radical (unpaired) electrons. The Morgan fingerprint density at radius 2 is 2.00 bits per heavy atom. The Hall–Kier alpha value is -0.780. The van der Waals surface area contributed by atoms with Gasteiger partial charge in [-0.25, -0.2) is 0 Å². The molecule has 0 rings (SSSR count). The van der Waals surface area contributed by atoms with Gasteiger partial charge in [-0.05, 0) is 6.58 Å². The van der Waals surface area contributed by atoms with E-state index in [-0.39, 0.29) is 0 Å². The van der Waals surface area contributed by atoms with E-state index in [1.54, 1.807) is 18.2 Å². The van der Waals surface area contributed by atoms with Crippen molar-refractivity contribution in [1.29, 1.82) is 0 Å². The van der Waals surface area contributed by atoms with E-state index in [2.05, 4.69) is 6.58 Å². The third-order valence-electron chi connectivity index (χ3n) is 0.343. The molecule has 0 spiro atoms.